The molecule has 3 aromatic rings. The van der Waals surface area contributed by atoms with Gasteiger partial charge in [-0.2, -0.15) is 15.5 Å². The van der Waals surface area contributed by atoms with E-state index in [2.05, 4.69) is 21.4 Å². The molecule has 1 aliphatic rings. The van der Waals surface area contributed by atoms with Gasteiger partial charge in [0.25, 0.3) is 0 Å². The molecule has 3 aromatic carbocycles. The van der Waals surface area contributed by atoms with Crippen molar-refractivity contribution in [3.8, 4) is 17.6 Å². The van der Waals surface area contributed by atoms with E-state index in [0.29, 0.717) is 27.6 Å². The molecule has 0 saturated carbocycles. The Balaban J connectivity index is 1.54. The number of halogens is 1. The van der Waals surface area contributed by atoms with Crippen LogP contribution in [0.4, 0.5) is 0 Å². The number of hydrogen-bond donors (Lipinski definition) is 0. The highest BCUT2D eigenvalue weighted by atomic mass is 35.5. The predicted molar refractivity (Wildman–Crippen MR) is 130 cm³/mol. The van der Waals surface area contributed by atoms with Crippen molar-refractivity contribution in [3.63, 3.8) is 0 Å². The highest BCUT2D eigenvalue weighted by Crippen LogP contribution is 2.37. The number of hydrazone groups is 1. The summed E-state index contributed by atoms with van der Waals surface area (Å²) in [7, 11) is 1.53. The first kappa shape index (κ1) is 22.4. The third kappa shape index (κ3) is 5.00. The number of azo groups is 1. The van der Waals surface area contributed by atoms with Gasteiger partial charge in [0, 0.05) is 11.1 Å². The van der Waals surface area contributed by atoms with E-state index in [0.717, 1.165) is 11.1 Å². The van der Waals surface area contributed by atoms with E-state index in [1.54, 1.807) is 35.5 Å². The Labute approximate surface area is 201 Å². The van der Waals surface area contributed by atoms with Crippen molar-refractivity contribution in [2.24, 2.45) is 15.3 Å². The maximum Gasteiger partial charge on any atom is 0.238 e. The van der Waals surface area contributed by atoms with Gasteiger partial charge in [-0.05, 0) is 36.0 Å². The molecule has 1 unspecified atom stereocenters. The molecule has 0 aromatic heterocycles. The Kier molecular flexibility index (Phi) is 6.93. The number of rotatable bonds is 7. The average molecular weight is 476 g/mol. The van der Waals surface area contributed by atoms with Gasteiger partial charge in [-0.25, -0.2) is 5.01 Å². The monoisotopic (exact) mass is 475 g/mol. The van der Waals surface area contributed by atoms with Crippen LogP contribution in [0.3, 0.4) is 0 Å². The Morgan fingerprint density at radius 3 is 2.70 bits per heavy atom. The van der Waals surface area contributed by atoms with Crippen LogP contribution in [0.1, 0.15) is 28.4 Å². The van der Waals surface area contributed by atoms with Crippen LogP contribution in [0, 0.1) is 11.3 Å². The average Bonchev–Trinajstić information content (AvgIpc) is 3.22. The quantitative estimate of drug-likeness (QED) is 0.314. The topological polar surface area (TPSA) is 82.6 Å². The maximum absolute atomic E-state index is 9.27. The second-order valence-electron chi connectivity index (χ2n) is 6.96. The highest BCUT2D eigenvalue weighted by molar-refractivity contribution is 7.80. The first-order valence-electron chi connectivity index (χ1n) is 9.92. The van der Waals surface area contributed by atoms with Crippen LogP contribution in [-0.4, -0.2) is 23.4 Å². The Bertz CT molecular complexity index is 1270. The molecule has 0 fully saturated rings. The Morgan fingerprint density at radius 1 is 1.18 bits per heavy atom. The molecule has 1 aliphatic heterocycles. The third-order valence-corrected chi connectivity index (χ3v) is 5.42. The molecule has 164 valence electrons. The molecule has 0 N–H and O–H groups in total. The highest BCUT2D eigenvalue weighted by Gasteiger charge is 2.27. The van der Waals surface area contributed by atoms with E-state index in [1.165, 1.54) is 7.11 Å². The molecule has 0 bridgehead atoms. The molecule has 1 heterocycles. The molecular weight excluding hydrogens is 458 g/mol. The summed E-state index contributed by atoms with van der Waals surface area (Å²) < 4.78 is 11.4. The molecule has 7 nitrogen and oxygen atoms in total. The number of benzene rings is 3. The third-order valence-electron chi connectivity index (χ3n) is 4.87. The fourth-order valence-electron chi connectivity index (χ4n) is 3.24. The molecule has 1 atom stereocenters. The molecular formula is C24H18ClN5O2S. The van der Waals surface area contributed by atoms with E-state index in [4.69, 9.17) is 33.3 Å². The number of hydrogen-bond acceptors (Lipinski definition) is 6. The lowest BCUT2D eigenvalue weighted by atomic mass is 10.1. The van der Waals surface area contributed by atoms with Gasteiger partial charge >= 0.3 is 0 Å². The number of methoxy groups -OCH3 is 1. The normalized spacial score (nSPS) is 15.1. The lowest BCUT2D eigenvalue weighted by molar-refractivity contribution is 0.284. The van der Waals surface area contributed by atoms with E-state index in [-0.39, 0.29) is 11.7 Å². The zero-order valence-electron chi connectivity index (χ0n) is 17.6. The minimum Gasteiger partial charge on any atom is -0.493 e. The smallest absolute Gasteiger partial charge is 0.238 e. The summed E-state index contributed by atoms with van der Waals surface area (Å²) in [4.78, 5) is 0. The summed E-state index contributed by atoms with van der Waals surface area (Å²) in [5.74, 6) is 0.823. The fourth-order valence-corrected chi connectivity index (χ4v) is 3.71. The van der Waals surface area contributed by atoms with Crippen LogP contribution >= 0.6 is 23.8 Å². The van der Waals surface area contributed by atoms with Gasteiger partial charge in [0.2, 0.25) is 5.11 Å². The largest absolute Gasteiger partial charge is 0.493 e. The molecule has 9 heteroatoms. The van der Waals surface area contributed by atoms with Crippen LogP contribution < -0.4 is 9.47 Å². The molecule has 0 spiro atoms. The van der Waals surface area contributed by atoms with Crippen molar-refractivity contribution < 1.29 is 9.47 Å². The summed E-state index contributed by atoms with van der Waals surface area (Å²) in [6.07, 6.45) is 1.19. The Morgan fingerprint density at radius 2 is 1.94 bits per heavy atom. The lowest BCUT2D eigenvalue weighted by Gasteiger charge is -2.17. The van der Waals surface area contributed by atoms with Crippen LogP contribution in [0.5, 0.6) is 11.5 Å². The molecule has 0 radical (unpaired) electrons. The van der Waals surface area contributed by atoms with Crippen LogP contribution in [0.15, 0.2) is 82.1 Å². The second-order valence-corrected chi connectivity index (χ2v) is 7.74. The van der Waals surface area contributed by atoms with Gasteiger partial charge in [-0.15, -0.1) is 5.11 Å². The predicted octanol–water partition coefficient (Wildman–Crippen LogP) is 5.88. The van der Waals surface area contributed by atoms with Crippen molar-refractivity contribution in [2.45, 2.75) is 12.8 Å². The van der Waals surface area contributed by atoms with E-state index in [1.807, 2.05) is 42.5 Å². The van der Waals surface area contributed by atoms with Crippen molar-refractivity contribution >= 4 is 35.1 Å². The molecule has 4 rings (SSSR count). The van der Waals surface area contributed by atoms with Gasteiger partial charge < -0.3 is 9.47 Å². The Hall–Kier alpha value is -3.80. The first-order valence-corrected chi connectivity index (χ1v) is 10.7. The molecule has 0 aliphatic carbocycles. The minimum absolute atomic E-state index is 0.178. The molecule has 0 amide bonds. The first-order chi connectivity index (χ1) is 16.1. The van der Waals surface area contributed by atoms with Crippen molar-refractivity contribution in [3.05, 3.63) is 94.0 Å². The van der Waals surface area contributed by atoms with Gasteiger partial charge in [-0.3, -0.25) is 0 Å². The number of thiocarbonyl (C=S) groups is 1. The summed E-state index contributed by atoms with van der Waals surface area (Å²) in [5, 5.41) is 24.1. The minimum atomic E-state index is -0.421. The van der Waals surface area contributed by atoms with E-state index >= 15 is 0 Å². The van der Waals surface area contributed by atoms with E-state index in [9.17, 15) is 5.26 Å². The zero-order chi connectivity index (χ0) is 23.2. The van der Waals surface area contributed by atoms with Crippen LogP contribution in [-0.2, 0) is 6.61 Å². The summed E-state index contributed by atoms with van der Waals surface area (Å²) in [6.45, 7) is 0.178. The second kappa shape index (κ2) is 10.2. The molecule has 0 saturated heterocycles. The van der Waals surface area contributed by atoms with Gasteiger partial charge in [0.05, 0.1) is 30.0 Å². The summed E-state index contributed by atoms with van der Waals surface area (Å²) >= 11 is 11.8. The summed E-state index contributed by atoms with van der Waals surface area (Å²) in [6, 6.07) is 22.5. The standard InChI is InChI=1S/C24H18ClN5O2S/c1-31-21-12-16(11-20(25)22(21)32-15-19-10-6-5-9-18(19)13-26)14-27-30-23(28-29-24(30)33)17-7-3-2-4-8-17/h2-12,14,23H,15H2,1H3. The van der Waals surface area contributed by atoms with Crippen molar-refractivity contribution in [1.29, 1.82) is 5.26 Å². The fraction of sp³-hybridized carbons (Fsp3) is 0.125. The SMILES string of the molecule is COc1cc(C=NN2C(=S)N=NC2c2ccccc2)cc(Cl)c1OCc1ccccc1C#N. The van der Waals surface area contributed by atoms with Gasteiger partial charge in [-0.1, -0.05) is 60.1 Å². The van der Waals surface area contributed by atoms with Gasteiger partial charge in [0.1, 0.15) is 6.61 Å². The van der Waals surface area contributed by atoms with Crippen LogP contribution in [0.25, 0.3) is 0 Å². The zero-order valence-corrected chi connectivity index (χ0v) is 19.1. The van der Waals surface area contributed by atoms with Crippen LogP contribution in [0.2, 0.25) is 5.02 Å². The lowest BCUT2D eigenvalue weighted by Crippen LogP contribution is -2.21. The molecule has 33 heavy (non-hydrogen) atoms. The number of nitrogens with zero attached hydrogens (tertiary/aromatic N) is 5. The van der Waals surface area contributed by atoms with Crippen molar-refractivity contribution in [2.75, 3.05) is 7.11 Å². The van der Waals surface area contributed by atoms with E-state index < -0.39 is 6.17 Å². The number of nitriles is 1. The van der Waals surface area contributed by atoms with Crippen molar-refractivity contribution in [1.82, 2.24) is 5.01 Å². The maximum atomic E-state index is 9.27. The number of ether oxygens (including phenoxy) is 2. The summed E-state index contributed by atoms with van der Waals surface area (Å²) in [5.41, 5.74) is 2.91. The van der Waals surface area contributed by atoms with Gasteiger partial charge in [0.15, 0.2) is 17.7 Å².